The zero-order valence-electron chi connectivity index (χ0n) is 15.0. The van der Waals surface area contributed by atoms with Gasteiger partial charge in [-0.25, -0.2) is 4.98 Å². The maximum Gasteiger partial charge on any atom is 0.249 e. The topological polar surface area (TPSA) is 56.1 Å². The molecule has 1 aromatic heterocycles. The van der Waals surface area contributed by atoms with E-state index in [4.69, 9.17) is 4.74 Å². The molecule has 0 aliphatic rings. The van der Waals surface area contributed by atoms with Crippen molar-refractivity contribution in [1.82, 2.24) is 14.9 Å². The number of aromatic nitrogens is 2. The van der Waals surface area contributed by atoms with Gasteiger partial charge in [0, 0.05) is 18.1 Å². The van der Waals surface area contributed by atoms with Gasteiger partial charge in [0.2, 0.25) is 5.91 Å². The lowest BCUT2D eigenvalue weighted by Gasteiger charge is -2.19. The lowest BCUT2D eigenvalue weighted by atomic mass is 10.1. The molecule has 2 aromatic carbocycles. The van der Waals surface area contributed by atoms with Gasteiger partial charge in [-0.05, 0) is 37.1 Å². The van der Waals surface area contributed by atoms with Crippen LogP contribution in [0, 0.1) is 0 Å². The minimum absolute atomic E-state index is 0.0953. The van der Waals surface area contributed by atoms with Crippen LogP contribution in [0.25, 0.3) is 5.69 Å². The SMILES string of the molecule is CC(OCc1ccccc1)C(=O)NC(C)c1ccc(-n2ccnc2)cc1. The Morgan fingerprint density at radius 2 is 1.85 bits per heavy atom. The van der Waals surface area contributed by atoms with Crippen molar-refractivity contribution in [2.75, 3.05) is 0 Å². The highest BCUT2D eigenvalue weighted by molar-refractivity contribution is 5.80. The smallest absolute Gasteiger partial charge is 0.249 e. The molecule has 0 aliphatic heterocycles. The average Bonchev–Trinajstić information content (AvgIpc) is 3.21. The molecule has 5 nitrogen and oxygen atoms in total. The van der Waals surface area contributed by atoms with Gasteiger partial charge in [-0.2, -0.15) is 0 Å². The van der Waals surface area contributed by atoms with Gasteiger partial charge in [0.05, 0.1) is 19.0 Å². The van der Waals surface area contributed by atoms with Gasteiger partial charge in [-0.15, -0.1) is 0 Å². The van der Waals surface area contributed by atoms with Crippen LogP contribution in [0.4, 0.5) is 0 Å². The summed E-state index contributed by atoms with van der Waals surface area (Å²) in [4.78, 5) is 16.4. The molecule has 3 aromatic rings. The van der Waals surface area contributed by atoms with E-state index in [2.05, 4.69) is 10.3 Å². The number of hydrogen-bond donors (Lipinski definition) is 1. The summed E-state index contributed by atoms with van der Waals surface area (Å²) in [5, 5.41) is 3.00. The van der Waals surface area contributed by atoms with Crippen molar-refractivity contribution >= 4 is 5.91 Å². The molecule has 0 saturated heterocycles. The van der Waals surface area contributed by atoms with E-state index in [1.807, 2.05) is 72.3 Å². The van der Waals surface area contributed by atoms with Gasteiger partial charge in [0.15, 0.2) is 0 Å². The Morgan fingerprint density at radius 1 is 1.12 bits per heavy atom. The van der Waals surface area contributed by atoms with E-state index in [1.165, 1.54) is 0 Å². The Morgan fingerprint density at radius 3 is 2.50 bits per heavy atom. The summed E-state index contributed by atoms with van der Waals surface area (Å²) in [7, 11) is 0. The third-order valence-electron chi connectivity index (χ3n) is 4.27. The van der Waals surface area contributed by atoms with Crippen LogP contribution in [0.15, 0.2) is 73.3 Å². The molecular weight excluding hydrogens is 326 g/mol. The number of ether oxygens (including phenoxy) is 1. The third kappa shape index (κ3) is 4.58. The Labute approximate surface area is 153 Å². The third-order valence-corrected chi connectivity index (χ3v) is 4.27. The van der Waals surface area contributed by atoms with Crippen molar-refractivity contribution < 1.29 is 9.53 Å². The normalized spacial score (nSPS) is 13.2. The summed E-state index contributed by atoms with van der Waals surface area (Å²) in [5.41, 5.74) is 3.12. The molecule has 0 aliphatic carbocycles. The molecule has 0 bridgehead atoms. The predicted octanol–water partition coefficient (Wildman–Crippen LogP) is 3.65. The van der Waals surface area contributed by atoms with E-state index in [9.17, 15) is 4.79 Å². The number of rotatable bonds is 7. The van der Waals surface area contributed by atoms with Gasteiger partial charge in [0.1, 0.15) is 6.10 Å². The molecule has 0 radical (unpaired) electrons. The molecule has 3 rings (SSSR count). The van der Waals surface area contributed by atoms with Crippen molar-refractivity contribution in [3.8, 4) is 5.69 Å². The summed E-state index contributed by atoms with van der Waals surface area (Å²) < 4.78 is 7.61. The van der Waals surface area contributed by atoms with E-state index < -0.39 is 6.10 Å². The number of nitrogens with zero attached hydrogens (tertiary/aromatic N) is 2. The Hall–Kier alpha value is -2.92. The molecule has 2 atom stereocenters. The molecule has 2 unspecified atom stereocenters. The first kappa shape index (κ1) is 17.9. The van der Waals surface area contributed by atoms with Crippen LogP contribution in [0.3, 0.4) is 0 Å². The standard InChI is InChI=1S/C21H23N3O2/c1-16(19-8-10-20(11-9-19)24-13-12-22-15-24)23-21(25)17(2)26-14-18-6-4-3-5-7-18/h3-13,15-17H,14H2,1-2H3,(H,23,25). The van der Waals surface area contributed by atoms with Gasteiger partial charge < -0.3 is 14.6 Å². The molecule has 0 saturated carbocycles. The number of carbonyl (C=O) groups excluding carboxylic acids is 1. The van der Waals surface area contributed by atoms with Crippen molar-refractivity contribution in [1.29, 1.82) is 0 Å². The van der Waals surface area contributed by atoms with E-state index in [0.29, 0.717) is 6.61 Å². The average molecular weight is 349 g/mol. The molecule has 0 fully saturated rings. The van der Waals surface area contributed by atoms with E-state index in [1.54, 1.807) is 19.4 Å². The monoisotopic (exact) mass is 349 g/mol. The zero-order chi connectivity index (χ0) is 18.4. The van der Waals surface area contributed by atoms with Crippen LogP contribution >= 0.6 is 0 Å². The number of nitrogens with one attached hydrogen (secondary N) is 1. The maximum absolute atomic E-state index is 12.4. The van der Waals surface area contributed by atoms with Gasteiger partial charge in [-0.1, -0.05) is 42.5 Å². The molecule has 134 valence electrons. The fourth-order valence-electron chi connectivity index (χ4n) is 2.63. The minimum atomic E-state index is -0.511. The predicted molar refractivity (Wildman–Crippen MR) is 101 cm³/mol. The molecule has 1 amide bonds. The first-order valence-electron chi connectivity index (χ1n) is 8.67. The fraction of sp³-hybridized carbons (Fsp3) is 0.238. The number of hydrogen-bond acceptors (Lipinski definition) is 3. The Bertz CT molecular complexity index is 814. The van der Waals surface area contributed by atoms with Crippen LogP contribution in [-0.2, 0) is 16.1 Å². The molecule has 5 heteroatoms. The number of amides is 1. The highest BCUT2D eigenvalue weighted by Crippen LogP contribution is 2.16. The van der Waals surface area contributed by atoms with E-state index in [0.717, 1.165) is 16.8 Å². The summed E-state index contributed by atoms with van der Waals surface area (Å²) >= 11 is 0. The van der Waals surface area contributed by atoms with Gasteiger partial charge in [-0.3, -0.25) is 4.79 Å². The lowest BCUT2D eigenvalue weighted by molar-refractivity contribution is -0.133. The van der Waals surface area contributed by atoms with E-state index >= 15 is 0 Å². The maximum atomic E-state index is 12.4. The Balaban J connectivity index is 1.53. The van der Waals surface area contributed by atoms with Crippen molar-refractivity contribution in [2.45, 2.75) is 32.6 Å². The van der Waals surface area contributed by atoms with Crippen LogP contribution in [0.5, 0.6) is 0 Å². The molecule has 1 N–H and O–H groups in total. The largest absolute Gasteiger partial charge is 0.364 e. The summed E-state index contributed by atoms with van der Waals surface area (Å²) in [6.07, 6.45) is 4.88. The number of benzene rings is 2. The van der Waals surface area contributed by atoms with Gasteiger partial charge in [0.25, 0.3) is 0 Å². The van der Waals surface area contributed by atoms with E-state index in [-0.39, 0.29) is 11.9 Å². The second-order valence-corrected chi connectivity index (χ2v) is 6.23. The summed E-state index contributed by atoms with van der Waals surface area (Å²) in [5.74, 6) is -0.118. The minimum Gasteiger partial charge on any atom is -0.364 e. The Kier molecular flexibility index (Phi) is 5.81. The van der Waals surface area contributed by atoms with Crippen LogP contribution in [0.2, 0.25) is 0 Å². The molecule has 1 heterocycles. The number of carbonyl (C=O) groups is 1. The summed E-state index contributed by atoms with van der Waals surface area (Å²) in [6.45, 7) is 4.16. The zero-order valence-corrected chi connectivity index (χ0v) is 15.0. The van der Waals surface area contributed by atoms with Crippen molar-refractivity contribution in [2.24, 2.45) is 0 Å². The van der Waals surface area contributed by atoms with Crippen LogP contribution in [0.1, 0.15) is 31.0 Å². The highest BCUT2D eigenvalue weighted by atomic mass is 16.5. The summed E-state index contributed by atoms with van der Waals surface area (Å²) in [6, 6.07) is 17.8. The van der Waals surface area contributed by atoms with Crippen molar-refractivity contribution in [3.63, 3.8) is 0 Å². The molecule has 0 spiro atoms. The molecule has 26 heavy (non-hydrogen) atoms. The quantitative estimate of drug-likeness (QED) is 0.708. The van der Waals surface area contributed by atoms with Crippen LogP contribution < -0.4 is 5.32 Å². The second-order valence-electron chi connectivity index (χ2n) is 6.23. The number of imidazole rings is 1. The van der Waals surface area contributed by atoms with Gasteiger partial charge >= 0.3 is 0 Å². The second kappa shape index (κ2) is 8.45. The molecular formula is C21H23N3O2. The van der Waals surface area contributed by atoms with Crippen LogP contribution in [-0.4, -0.2) is 21.6 Å². The highest BCUT2D eigenvalue weighted by Gasteiger charge is 2.16. The first-order valence-corrected chi connectivity index (χ1v) is 8.67. The van der Waals surface area contributed by atoms with Crippen molar-refractivity contribution in [3.05, 3.63) is 84.4 Å². The first-order chi connectivity index (χ1) is 12.6. The fourth-order valence-corrected chi connectivity index (χ4v) is 2.63. The lowest BCUT2D eigenvalue weighted by Crippen LogP contribution is -2.36.